The molecular weight excluding hydrogens is 644 g/mol. The van der Waals surface area contributed by atoms with Crippen LogP contribution >= 0.6 is 0 Å². The number of hydrogen-bond donors (Lipinski definition) is 1. The third-order valence-corrected chi connectivity index (χ3v) is 9.19. The molecule has 0 amide bonds. The second kappa shape index (κ2) is 20.5. The molecule has 1 N–H and O–H groups in total. The Labute approximate surface area is 295 Å². The zero-order valence-electron chi connectivity index (χ0n) is 29.0. The first-order chi connectivity index (χ1) is 24.5. The summed E-state index contributed by atoms with van der Waals surface area (Å²) in [4.78, 5) is 24.0. The van der Waals surface area contributed by atoms with Crippen molar-refractivity contribution in [2.75, 3.05) is 33.5 Å². The minimum absolute atomic E-state index is 0.195. The van der Waals surface area contributed by atoms with E-state index in [4.69, 9.17) is 37.9 Å². The summed E-state index contributed by atoms with van der Waals surface area (Å²) in [6, 6.07) is 15.9. The highest BCUT2D eigenvalue weighted by Crippen LogP contribution is 2.36. The van der Waals surface area contributed by atoms with Gasteiger partial charge in [0.05, 0.1) is 37.6 Å². The topological polar surface area (TPSA) is 128 Å². The number of rotatable bonds is 18. The van der Waals surface area contributed by atoms with Crippen LogP contribution in [0.3, 0.4) is 0 Å². The lowest BCUT2D eigenvalue weighted by Crippen LogP contribution is -2.40. The fraction of sp³-hybridized carbons (Fsp3) is 0.590. The molecule has 3 fully saturated rings. The highest BCUT2D eigenvalue weighted by atomic mass is 16.7. The summed E-state index contributed by atoms with van der Waals surface area (Å²) < 4.78 is 47.3. The Morgan fingerprint density at radius 2 is 1.64 bits per heavy atom. The Morgan fingerprint density at radius 1 is 0.900 bits per heavy atom. The van der Waals surface area contributed by atoms with Gasteiger partial charge in [0, 0.05) is 32.0 Å². The van der Waals surface area contributed by atoms with Gasteiger partial charge in [0.15, 0.2) is 12.6 Å². The number of allylic oxidation sites excluding steroid dienone is 2. The van der Waals surface area contributed by atoms with Gasteiger partial charge in [-0.1, -0.05) is 30.4 Å². The molecule has 0 radical (unpaired) electrons. The zero-order valence-corrected chi connectivity index (χ0v) is 29.0. The van der Waals surface area contributed by atoms with Crippen molar-refractivity contribution in [1.82, 2.24) is 0 Å². The summed E-state index contributed by atoms with van der Waals surface area (Å²) in [6.07, 6.45) is 10.1. The molecule has 11 heteroatoms. The number of benzene rings is 2. The van der Waals surface area contributed by atoms with E-state index in [1.54, 1.807) is 24.3 Å². The van der Waals surface area contributed by atoms with Gasteiger partial charge in [0.1, 0.15) is 24.2 Å². The number of methoxy groups -OCH3 is 1. The predicted octanol–water partition coefficient (Wildman–Crippen LogP) is 6.16. The van der Waals surface area contributed by atoms with Gasteiger partial charge in [-0.3, -0.25) is 4.79 Å². The van der Waals surface area contributed by atoms with Crippen molar-refractivity contribution in [2.24, 2.45) is 5.92 Å². The molecule has 2 saturated heterocycles. The number of para-hydroxylation sites is 1. The molecule has 3 aliphatic rings. The van der Waals surface area contributed by atoms with Crippen LogP contribution in [-0.4, -0.2) is 87.6 Å². The maximum Gasteiger partial charge on any atom is 0.337 e. The van der Waals surface area contributed by atoms with E-state index < -0.39 is 12.1 Å². The third-order valence-electron chi connectivity index (χ3n) is 9.19. The lowest BCUT2D eigenvalue weighted by atomic mass is 9.98. The number of hydrogen-bond acceptors (Lipinski definition) is 11. The first-order valence-corrected chi connectivity index (χ1v) is 18.0. The van der Waals surface area contributed by atoms with Crippen LogP contribution in [0.4, 0.5) is 0 Å². The number of aliphatic hydroxyl groups excluding tert-OH is 1. The van der Waals surface area contributed by atoms with Gasteiger partial charge in [-0.25, -0.2) is 4.79 Å². The fourth-order valence-electron chi connectivity index (χ4n) is 6.49. The van der Waals surface area contributed by atoms with E-state index in [-0.39, 0.29) is 55.8 Å². The van der Waals surface area contributed by atoms with Crippen LogP contribution < -0.4 is 9.47 Å². The van der Waals surface area contributed by atoms with Crippen LogP contribution in [-0.2, 0) is 33.2 Å². The standard InChI is InChI=1S/C39H52O11/c1-43-39(42)28-19-21-30(22-20-28)48-35(41)16-8-3-2-7-15-32-33(40)25-34(50-37-18-10-12-24-45-37)38(32)47-27-31(49-36-17-9-11-23-44-36)26-46-29-13-5-4-6-14-29/h2,4-7,13-14,19-22,31-34,36-38,40H,3,8-12,15-18,23-27H2,1H3. The number of ether oxygens (including phenoxy) is 8. The Hall–Kier alpha value is -3.32. The molecule has 2 aliphatic heterocycles. The molecule has 0 aromatic heterocycles. The zero-order chi connectivity index (χ0) is 35.0. The molecule has 50 heavy (non-hydrogen) atoms. The molecule has 0 spiro atoms. The molecular formula is C39H52O11. The first kappa shape index (κ1) is 37.9. The monoisotopic (exact) mass is 696 g/mol. The van der Waals surface area contributed by atoms with Crippen LogP contribution in [0.5, 0.6) is 11.5 Å². The second-order valence-electron chi connectivity index (χ2n) is 13.0. The summed E-state index contributed by atoms with van der Waals surface area (Å²) in [5.74, 6) is 0.138. The maximum absolute atomic E-state index is 12.4. The van der Waals surface area contributed by atoms with Crippen LogP contribution in [0.15, 0.2) is 66.7 Å². The van der Waals surface area contributed by atoms with E-state index in [2.05, 4.69) is 0 Å². The number of carbonyl (C=O) groups excluding carboxylic acids is 2. The summed E-state index contributed by atoms with van der Waals surface area (Å²) in [7, 11) is 1.32. The molecule has 5 rings (SSSR count). The van der Waals surface area contributed by atoms with Crippen LogP contribution in [0.1, 0.15) is 81.0 Å². The molecule has 1 saturated carbocycles. The Kier molecular flexibility index (Phi) is 15.6. The van der Waals surface area contributed by atoms with Crippen LogP contribution in [0, 0.1) is 5.92 Å². The average molecular weight is 697 g/mol. The van der Waals surface area contributed by atoms with Crippen molar-refractivity contribution in [1.29, 1.82) is 0 Å². The van der Waals surface area contributed by atoms with Gasteiger partial charge in [0.25, 0.3) is 0 Å². The van der Waals surface area contributed by atoms with Crippen LogP contribution in [0.25, 0.3) is 0 Å². The van der Waals surface area contributed by atoms with Crippen molar-refractivity contribution in [2.45, 2.75) is 108 Å². The normalized spacial score (nSPS) is 26.0. The maximum atomic E-state index is 12.4. The lowest BCUT2D eigenvalue weighted by Gasteiger charge is -2.32. The van der Waals surface area contributed by atoms with Gasteiger partial charge in [-0.05, 0) is 94.2 Å². The van der Waals surface area contributed by atoms with Crippen molar-refractivity contribution in [3.63, 3.8) is 0 Å². The van der Waals surface area contributed by atoms with E-state index in [0.29, 0.717) is 56.8 Å². The third kappa shape index (κ3) is 12.2. The van der Waals surface area contributed by atoms with Crippen molar-refractivity contribution in [3.8, 4) is 11.5 Å². The Bertz CT molecular complexity index is 1310. The summed E-state index contributed by atoms with van der Waals surface area (Å²) in [6.45, 7) is 1.89. The van der Waals surface area contributed by atoms with E-state index in [1.165, 1.54) is 7.11 Å². The van der Waals surface area contributed by atoms with Gasteiger partial charge in [0.2, 0.25) is 0 Å². The highest BCUT2D eigenvalue weighted by molar-refractivity contribution is 5.89. The van der Waals surface area contributed by atoms with Crippen molar-refractivity contribution in [3.05, 3.63) is 72.3 Å². The number of carbonyl (C=O) groups is 2. The minimum Gasteiger partial charge on any atom is -0.491 e. The molecule has 7 unspecified atom stereocenters. The Morgan fingerprint density at radius 3 is 2.34 bits per heavy atom. The lowest BCUT2D eigenvalue weighted by molar-refractivity contribution is -0.226. The van der Waals surface area contributed by atoms with Crippen LogP contribution in [0.2, 0.25) is 0 Å². The molecule has 2 aromatic rings. The Balaban J connectivity index is 1.14. The fourth-order valence-corrected chi connectivity index (χ4v) is 6.49. The second-order valence-corrected chi connectivity index (χ2v) is 13.0. The smallest absolute Gasteiger partial charge is 0.337 e. The van der Waals surface area contributed by atoms with Gasteiger partial charge >= 0.3 is 11.9 Å². The minimum atomic E-state index is -0.611. The molecule has 0 bridgehead atoms. The van der Waals surface area contributed by atoms with E-state index in [1.807, 2.05) is 42.5 Å². The summed E-state index contributed by atoms with van der Waals surface area (Å²) in [5, 5.41) is 11.2. The van der Waals surface area contributed by atoms with Crippen molar-refractivity contribution >= 4 is 11.9 Å². The molecule has 274 valence electrons. The SMILES string of the molecule is COC(=O)c1ccc(OC(=O)CCCC=CCC2C(O)CC(OC3CCCCO3)C2OCC(COc2ccccc2)OC2CCCCO2)cc1. The predicted molar refractivity (Wildman–Crippen MR) is 184 cm³/mol. The van der Waals surface area contributed by atoms with Gasteiger partial charge < -0.3 is 43.0 Å². The van der Waals surface area contributed by atoms with E-state index >= 15 is 0 Å². The van der Waals surface area contributed by atoms with Gasteiger partial charge in [-0.15, -0.1) is 0 Å². The number of esters is 2. The first-order valence-electron chi connectivity index (χ1n) is 18.0. The largest absolute Gasteiger partial charge is 0.491 e. The summed E-state index contributed by atoms with van der Waals surface area (Å²) in [5.41, 5.74) is 0.386. The molecule has 7 atom stereocenters. The van der Waals surface area contributed by atoms with Crippen molar-refractivity contribution < 1.29 is 52.6 Å². The highest BCUT2D eigenvalue weighted by Gasteiger charge is 2.45. The molecule has 1 aliphatic carbocycles. The quantitative estimate of drug-likeness (QED) is 0.0833. The summed E-state index contributed by atoms with van der Waals surface area (Å²) >= 11 is 0. The molecule has 2 heterocycles. The number of aliphatic hydroxyl groups is 1. The molecule has 11 nitrogen and oxygen atoms in total. The average Bonchev–Trinajstić information content (AvgIpc) is 3.44. The molecule has 2 aromatic carbocycles. The van der Waals surface area contributed by atoms with Gasteiger partial charge in [-0.2, -0.15) is 0 Å². The van der Waals surface area contributed by atoms with E-state index in [0.717, 1.165) is 44.3 Å². The van der Waals surface area contributed by atoms with E-state index in [9.17, 15) is 14.7 Å². The number of unbranched alkanes of at least 4 members (excludes halogenated alkanes) is 1.